The predicted octanol–water partition coefficient (Wildman–Crippen LogP) is 0.133. The number of hydrogen-bond acceptors (Lipinski definition) is 4. The average Bonchev–Trinajstić information content (AvgIpc) is 2.75. The number of aromatic nitrogens is 2. The molecule has 0 aliphatic rings. The lowest BCUT2D eigenvalue weighted by Gasteiger charge is -2.14. The maximum atomic E-state index is 12.1. The summed E-state index contributed by atoms with van der Waals surface area (Å²) in [7, 11) is 0.0548. The first kappa shape index (κ1) is 14.1. The fourth-order valence-corrected chi connectivity index (χ4v) is 2.66. The highest BCUT2D eigenvalue weighted by atomic mass is 32.2. The molecule has 0 aliphatic carbocycles. The number of sulfonamides is 1. The fourth-order valence-electron chi connectivity index (χ4n) is 1.44. The van der Waals surface area contributed by atoms with Crippen molar-refractivity contribution in [2.24, 2.45) is 0 Å². The van der Waals surface area contributed by atoms with Crippen LogP contribution in [0.4, 0.5) is 0 Å². The summed E-state index contributed by atoms with van der Waals surface area (Å²) in [4.78, 5) is 0.254. The van der Waals surface area contributed by atoms with Crippen molar-refractivity contribution in [2.75, 3.05) is 27.2 Å². The van der Waals surface area contributed by atoms with Gasteiger partial charge in [-0.2, -0.15) is 5.10 Å². The van der Waals surface area contributed by atoms with Crippen LogP contribution in [0.15, 0.2) is 17.3 Å². The molecule has 17 heavy (non-hydrogen) atoms. The maximum Gasteiger partial charge on any atom is 0.245 e. The number of likely N-dealkylation sites (N-methyl/N-ethyl adjacent to an activating group) is 1. The third-order valence-electron chi connectivity index (χ3n) is 2.45. The van der Waals surface area contributed by atoms with Gasteiger partial charge in [-0.05, 0) is 13.5 Å². The first-order valence-electron chi connectivity index (χ1n) is 5.65. The van der Waals surface area contributed by atoms with Crippen LogP contribution in [-0.2, 0) is 16.6 Å². The van der Waals surface area contributed by atoms with Crippen molar-refractivity contribution < 1.29 is 8.42 Å². The monoisotopic (exact) mass is 260 g/mol. The minimum absolute atomic E-state index is 0.254. The second-order valence-corrected chi connectivity index (χ2v) is 5.91. The van der Waals surface area contributed by atoms with Crippen LogP contribution in [-0.4, -0.2) is 49.7 Å². The van der Waals surface area contributed by atoms with Crippen LogP contribution in [0.3, 0.4) is 0 Å². The Hall–Kier alpha value is -0.920. The lowest BCUT2D eigenvalue weighted by atomic mass is 10.5. The van der Waals surface area contributed by atoms with E-state index in [0.717, 1.165) is 13.0 Å². The van der Waals surface area contributed by atoms with E-state index in [-0.39, 0.29) is 4.90 Å². The van der Waals surface area contributed by atoms with Gasteiger partial charge >= 0.3 is 0 Å². The summed E-state index contributed by atoms with van der Waals surface area (Å²) in [6.45, 7) is 3.88. The van der Waals surface area contributed by atoms with Gasteiger partial charge < -0.3 is 5.32 Å². The zero-order valence-corrected chi connectivity index (χ0v) is 11.4. The van der Waals surface area contributed by atoms with E-state index < -0.39 is 10.0 Å². The molecule has 0 saturated carbocycles. The Labute approximate surface area is 103 Å². The third kappa shape index (κ3) is 3.52. The number of hydrogen-bond donors (Lipinski definition) is 1. The van der Waals surface area contributed by atoms with Crippen molar-refractivity contribution in [1.82, 2.24) is 19.4 Å². The normalized spacial score (nSPS) is 12.2. The van der Waals surface area contributed by atoms with Gasteiger partial charge in [-0.3, -0.25) is 4.68 Å². The smallest absolute Gasteiger partial charge is 0.245 e. The molecule has 0 radical (unpaired) electrons. The SMILES string of the molecule is CCCN(C)S(=O)(=O)c1cnn(CCNC)c1. The number of nitrogens with zero attached hydrogens (tertiary/aromatic N) is 3. The molecule has 0 aromatic carbocycles. The lowest BCUT2D eigenvalue weighted by Crippen LogP contribution is -2.27. The average molecular weight is 260 g/mol. The molecule has 1 aromatic heterocycles. The molecular weight excluding hydrogens is 240 g/mol. The molecule has 1 heterocycles. The summed E-state index contributed by atoms with van der Waals surface area (Å²) in [5, 5.41) is 7.02. The minimum Gasteiger partial charge on any atom is -0.318 e. The summed E-state index contributed by atoms with van der Waals surface area (Å²) in [5.41, 5.74) is 0. The van der Waals surface area contributed by atoms with Gasteiger partial charge in [0.25, 0.3) is 0 Å². The van der Waals surface area contributed by atoms with Gasteiger partial charge in [0, 0.05) is 26.3 Å². The molecule has 0 unspecified atom stereocenters. The molecule has 6 nitrogen and oxygen atoms in total. The Morgan fingerprint density at radius 2 is 2.24 bits per heavy atom. The van der Waals surface area contributed by atoms with Crippen LogP contribution < -0.4 is 5.32 Å². The highest BCUT2D eigenvalue weighted by Crippen LogP contribution is 2.13. The van der Waals surface area contributed by atoms with E-state index in [1.54, 1.807) is 17.9 Å². The van der Waals surface area contributed by atoms with Crippen molar-refractivity contribution >= 4 is 10.0 Å². The molecule has 0 spiro atoms. The number of nitrogens with one attached hydrogen (secondary N) is 1. The Morgan fingerprint density at radius 3 is 2.82 bits per heavy atom. The lowest BCUT2D eigenvalue weighted by molar-refractivity contribution is 0.468. The van der Waals surface area contributed by atoms with Crippen molar-refractivity contribution in [3.8, 4) is 0 Å². The zero-order valence-electron chi connectivity index (χ0n) is 10.5. The van der Waals surface area contributed by atoms with Gasteiger partial charge in [0.2, 0.25) is 10.0 Å². The fraction of sp³-hybridized carbons (Fsp3) is 0.700. The standard InChI is InChI=1S/C10H20N4O2S/c1-4-6-13(3)17(15,16)10-8-12-14(9-10)7-5-11-2/h8-9,11H,4-7H2,1-3H3. The second-order valence-electron chi connectivity index (χ2n) is 3.87. The Balaban J connectivity index is 2.81. The largest absolute Gasteiger partial charge is 0.318 e. The predicted molar refractivity (Wildman–Crippen MR) is 66.3 cm³/mol. The van der Waals surface area contributed by atoms with Crippen molar-refractivity contribution in [3.63, 3.8) is 0 Å². The first-order chi connectivity index (χ1) is 8.02. The topological polar surface area (TPSA) is 67.2 Å². The summed E-state index contributed by atoms with van der Waals surface area (Å²) in [6, 6.07) is 0. The van der Waals surface area contributed by atoms with Gasteiger partial charge in [-0.15, -0.1) is 0 Å². The summed E-state index contributed by atoms with van der Waals surface area (Å²) in [5.74, 6) is 0. The Morgan fingerprint density at radius 1 is 1.53 bits per heavy atom. The van der Waals surface area contributed by atoms with Crippen LogP contribution in [0.2, 0.25) is 0 Å². The molecule has 0 bridgehead atoms. The molecule has 0 saturated heterocycles. The minimum atomic E-state index is -3.38. The third-order valence-corrected chi connectivity index (χ3v) is 4.26. The van der Waals surface area contributed by atoms with Crippen LogP contribution >= 0.6 is 0 Å². The summed E-state index contributed by atoms with van der Waals surface area (Å²) < 4.78 is 27.1. The molecule has 98 valence electrons. The van der Waals surface area contributed by atoms with Crippen molar-refractivity contribution in [2.45, 2.75) is 24.8 Å². The molecular formula is C10H20N4O2S. The maximum absolute atomic E-state index is 12.1. The molecule has 1 N–H and O–H groups in total. The molecule has 7 heteroatoms. The molecule has 0 atom stereocenters. The van der Waals surface area contributed by atoms with E-state index in [1.165, 1.54) is 10.5 Å². The van der Waals surface area contributed by atoms with Crippen LogP contribution in [0.5, 0.6) is 0 Å². The van der Waals surface area contributed by atoms with Gasteiger partial charge in [0.05, 0.1) is 12.7 Å². The van der Waals surface area contributed by atoms with Gasteiger partial charge in [-0.1, -0.05) is 6.92 Å². The highest BCUT2D eigenvalue weighted by Gasteiger charge is 2.21. The van der Waals surface area contributed by atoms with Crippen LogP contribution in [0, 0.1) is 0 Å². The van der Waals surface area contributed by atoms with Crippen molar-refractivity contribution in [1.29, 1.82) is 0 Å². The number of rotatable bonds is 7. The van der Waals surface area contributed by atoms with Gasteiger partial charge in [-0.25, -0.2) is 12.7 Å². The summed E-state index contributed by atoms with van der Waals surface area (Å²) in [6.07, 6.45) is 3.76. The van der Waals surface area contributed by atoms with Crippen LogP contribution in [0.25, 0.3) is 0 Å². The summed E-state index contributed by atoms with van der Waals surface area (Å²) >= 11 is 0. The van der Waals surface area contributed by atoms with Gasteiger partial charge in [0.15, 0.2) is 0 Å². The van der Waals surface area contributed by atoms with E-state index in [2.05, 4.69) is 10.4 Å². The van der Waals surface area contributed by atoms with E-state index in [4.69, 9.17) is 0 Å². The van der Waals surface area contributed by atoms with Crippen LogP contribution in [0.1, 0.15) is 13.3 Å². The van der Waals surface area contributed by atoms with E-state index in [1.807, 2.05) is 14.0 Å². The quantitative estimate of drug-likeness (QED) is 0.757. The Bertz CT molecular complexity index is 441. The zero-order chi connectivity index (χ0) is 12.9. The highest BCUT2D eigenvalue weighted by molar-refractivity contribution is 7.89. The van der Waals surface area contributed by atoms with Gasteiger partial charge in [0.1, 0.15) is 4.90 Å². The van der Waals surface area contributed by atoms with Crippen molar-refractivity contribution in [3.05, 3.63) is 12.4 Å². The molecule has 0 fully saturated rings. The van der Waals surface area contributed by atoms with E-state index >= 15 is 0 Å². The molecule has 1 aromatic rings. The van der Waals surface area contributed by atoms with E-state index in [0.29, 0.717) is 13.1 Å². The molecule has 0 amide bonds. The Kier molecular flexibility index (Phi) is 5.10. The molecule has 0 aliphatic heterocycles. The molecule has 1 rings (SSSR count). The second kappa shape index (κ2) is 6.13. The van der Waals surface area contributed by atoms with E-state index in [9.17, 15) is 8.42 Å². The first-order valence-corrected chi connectivity index (χ1v) is 7.09.